The lowest BCUT2D eigenvalue weighted by Crippen LogP contribution is -2.32. The highest BCUT2D eigenvalue weighted by Gasteiger charge is 2.22. The van der Waals surface area contributed by atoms with E-state index in [1.54, 1.807) is 31.2 Å². The molecule has 242 valence electrons. The maximum absolute atomic E-state index is 13.1. The molecule has 5 aromatic rings. The zero-order valence-corrected chi connectivity index (χ0v) is 27.8. The molecule has 0 radical (unpaired) electrons. The van der Waals surface area contributed by atoms with Crippen molar-refractivity contribution in [3.05, 3.63) is 113 Å². The number of nitrogens with one attached hydrogen (secondary N) is 2. The molecular formula is C38H40N4O4S. The summed E-state index contributed by atoms with van der Waals surface area (Å²) in [5, 5.41) is 6.12. The average Bonchev–Trinajstić information content (AvgIpc) is 3.73. The monoisotopic (exact) mass is 648 g/mol. The average molecular weight is 649 g/mol. The lowest BCUT2D eigenvalue weighted by molar-refractivity contribution is -0.115. The Bertz CT molecular complexity index is 2010. The molecule has 0 bridgehead atoms. The SMILES string of the molecule is CCS(=O)(=O)c1ccc(CC(=O)Nc2ccc(-c3nc4cc(C(=O)NC5CCCC5)ccc4n3[C@H](C)c3ccc(C)cc3)cc2)cc1. The van der Waals surface area contributed by atoms with Gasteiger partial charge in [0.1, 0.15) is 5.82 Å². The number of benzene rings is 4. The van der Waals surface area contributed by atoms with E-state index in [4.69, 9.17) is 4.98 Å². The zero-order valence-electron chi connectivity index (χ0n) is 27.0. The second-order valence-electron chi connectivity index (χ2n) is 12.4. The van der Waals surface area contributed by atoms with E-state index in [1.165, 1.54) is 5.56 Å². The van der Waals surface area contributed by atoms with Gasteiger partial charge in [-0.25, -0.2) is 13.4 Å². The first kappa shape index (κ1) is 32.2. The molecule has 47 heavy (non-hydrogen) atoms. The number of aromatic nitrogens is 2. The van der Waals surface area contributed by atoms with Gasteiger partial charge in [-0.15, -0.1) is 0 Å². The van der Waals surface area contributed by atoms with Crippen molar-refractivity contribution in [3.63, 3.8) is 0 Å². The van der Waals surface area contributed by atoms with Crippen LogP contribution in [0.3, 0.4) is 0 Å². The van der Waals surface area contributed by atoms with Crippen LogP contribution in [0.25, 0.3) is 22.4 Å². The zero-order chi connectivity index (χ0) is 33.1. The third-order valence-corrected chi connectivity index (χ3v) is 10.8. The van der Waals surface area contributed by atoms with Gasteiger partial charge in [0.05, 0.1) is 34.1 Å². The van der Waals surface area contributed by atoms with E-state index in [1.807, 2.05) is 42.5 Å². The Labute approximate surface area is 276 Å². The Hall–Kier alpha value is -4.76. The number of aryl methyl sites for hydroxylation is 1. The summed E-state index contributed by atoms with van der Waals surface area (Å²) in [7, 11) is -3.29. The van der Waals surface area contributed by atoms with Crippen molar-refractivity contribution in [1.29, 1.82) is 0 Å². The number of hydrogen-bond donors (Lipinski definition) is 2. The standard InChI is InChI=1S/C38H40N4O4S/c1-4-47(45,46)33-20-11-27(12-21-33)23-36(43)39-32-18-15-29(16-19-32)37-41-34-24-30(38(44)40-31-7-5-6-8-31)17-22-35(34)42(37)26(3)28-13-9-25(2)10-14-28/h9-22,24,26,31H,4-8,23H2,1-3H3,(H,39,43)(H,40,44)/t26-/m1/s1. The molecule has 0 aliphatic heterocycles. The molecule has 2 N–H and O–H groups in total. The number of amides is 2. The molecule has 1 fully saturated rings. The van der Waals surface area contributed by atoms with Gasteiger partial charge in [-0.05, 0) is 92.4 Å². The Morgan fingerprint density at radius 3 is 2.26 bits per heavy atom. The number of carbonyl (C=O) groups excluding carboxylic acids is 2. The van der Waals surface area contributed by atoms with Crippen molar-refractivity contribution in [2.75, 3.05) is 11.1 Å². The predicted molar refractivity (Wildman–Crippen MR) is 186 cm³/mol. The second-order valence-corrected chi connectivity index (χ2v) is 14.7. The number of imidazole rings is 1. The number of nitrogens with zero attached hydrogens (tertiary/aromatic N) is 2. The van der Waals surface area contributed by atoms with Gasteiger partial charge in [0.15, 0.2) is 9.84 Å². The fourth-order valence-electron chi connectivity index (χ4n) is 6.24. The Morgan fingerprint density at radius 1 is 0.915 bits per heavy atom. The minimum atomic E-state index is -3.29. The van der Waals surface area contributed by atoms with E-state index in [-0.39, 0.29) is 41.0 Å². The van der Waals surface area contributed by atoms with Crippen LogP contribution in [0.1, 0.15) is 72.6 Å². The predicted octanol–water partition coefficient (Wildman–Crippen LogP) is 7.27. The molecule has 2 amide bonds. The quantitative estimate of drug-likeness (QED) is 0.166. The molecule has 1 heterocycles. The minimum Gasteiger partial charge on any atom is -0.349 e. The van der Waals surface area contributed by atoms with Crippen LogP contribution >= 0.6 is 0 Å². The molecular weight excluding hydrogens is 609 g/mol. The summed E-state index contributed by atoms with van der Waals surface area (Å²) >= 11 is 0. The molecule has 6 rings (SSSR count). The number of sulfone groups is 1. The number of rotatable bonds is 10. The maximum Gasteiger partial charge on any atom is 0.251 e. The molecule has 0 saturated heterocycles. The van der Waals surface area contributed by atoms with Crippen LogP contribution in [0, 0.1) is 6.92 Å². The van der Waals surface area contributed by atoms with E-state index in [0.717, 1.165) is 59.2 Å². The van der Waals surface area contributed by atoms with Gasteiger partial charge >= 0.3 is 0 Å². The van der Waals surface area contributed by atoms with Crippen LogP contribution in [0.5, 0.6) is 0 Å². The largest absolute Gasteiger partial charge is 0.349 e. The molecule has 1 atom stereocenters. The van der Waals surface area contributed by atoms with E-state index in [0.29, 0.717) is 11.3 Å². The van der Waals surface area contributed by atoms with Gasteiger partial charge in [0, 0.05) is 22.9 Å². The van der Waals surface area contributed by atoms with Crippen molar-refractivity contribution >= 4 is 38.4 Å². The number of hydrogen-bond acceptors (Lipinski definition) is 5. The van der Waals surface area contributed by atoms with Crippen LogP contribution in [-0.2, 0) is 21.1 Å². The first-order chi connectivity index (χ1) is 22.6. The molecule has 4 aromatic carbocycles. The fraction of sp³-hybridized carbons (Fsp3) is 0.289. The third-order valence-electron chi connectivity index (χ3n) is 9.04. The van der Waals surface area contributed by atoms with E-state index in [2.05, 4.69) is 53.3 Å². The summed E-state index contributed by atoms with van der Waals surface area (Å²) in [5.74, 6) is 0.528. The molecule has 0 unspecified atom stereocenters. The third kappa shape index (κ3) is 7.15. The first-order valence-electron chi connectivity index (χ1n) is 16.2. The summed E-state index contributed by atoms with van der Waals surface area (Å²) < 4.78 is 26.4. The molecule has 0 spiro atoms. The number of fused-ring (bicyclic) bond motifs is 1. The van der Waals surface area contributed by atoms with Crippen molar-refractivity contribution in [1.82, 2.24) is 14.9 Å². The summed E-state index contributed by atoms with van der Waals surface area (Å²) in [5.41, 5.74) is 6.85. The highest BCUT2D eigenvalue weighted by atomic mass is 32.2. The Balaban J connectivity index is 1.26. The van der Waals surface area contributed by atoms with Gasteiger partial charge < -0.3 is 15.2 Å². The first-order valence-corrected chi connectivity index (χ1v) is 17.9. The van der Waals surface area contributed by atoms with Crippen molar-refractivity contribution in [2.45, 2.75) is 69.9 Å². The van der Waals surface area contributed by atoms with Crippen LogP contribution < -0.4 is 10.6 Å². The maximum atomic E-state index is 13.1. The van der Waals surface area contributed by atoms with Crippen molar-refractivity contribution in [3.8, 4) is 11.4 Å². The fourth-order valence-corrected chi connectivity index (χ4v) is 7.13. The normalized spacial score (nSPS) is 14.3. The van der Waals surface area contributed by atoms with E-state index < -0.39 is 9.84 Å². The van der Waals surface area contributed by atoms with Gasteiger partial charge in [0.25, 0.3) is 5.91 Å². The lowest BCUT2D eigenvalue weighted by atomic mass is 10.1. The Kier molecular flexibility index (Phi) is 9.27. The molecule has 1 aliphatic carbocycles. The van der Waals surface area contributed by atoms with E-state index in [9.17, 15) is 18.0 Å². The van der Waals surface area contributed by atoms with Crippen LogP contribution in [0.4, 0.5) is 5.69 Å². The highest BCUT2D eigenvalue weighted by Crippen LogP contribution is 2.33. The summed E-state index contributed by atoms with van der Waals surface area (Å²) in [6.07, 6.45) is 4.47. The molecule has 9 heteroatoms. The molecule has 8 nitrogen and oxygen atoms in total. The number of carbonyl (C=O) groups is 2. The van der Waals surface area contributed by atoms with Crippen LogP contribution in [0.15, 0.2) is 95.9 Å². The smallest absolute Gasteiger partial charge is 0.251 e. The summed E-state index contributed by atoms with van der Waals surface area (Å²) in [6, 6.07) is 28.4. The lowest BCUT2D eigenvalue weighted by Gasteiger charge is -2.19. The van der Waals surface area contributed by atoms with Gasteiger partial charge in [-0.1, -0.05) is 61.7 Å². The molecule has 1 aromatic heterocycles. The highest BCUT2D eigenvalue weighted by molar-refractivity contribution is 7.91. The minimum absolute atomic E-state index is 0.0303. The van der Waals surface area contributed by atoms with E-state index >= 15 is 0 Å². The van der Waals surface area contributed by atoms with Crippen LogP contribution in [-0.4, -0.2) is 41.6 Å². The second kappa shape index (κ2) is 13.5. The summed E-state index contributed by atoms with van der Waals surface area (Å²) in [6.45, 7) is 5.83. The Morgan fingerprint density at radius 2 is 1.60 bits per heavy atom. The van der Waals surface area contributed by atoms with Crippen molar-refractivity contribution in [2.24, 2.45) is 0 Å². The van der Waals surface area contributed by atoms with Gasteiger partial charge in [-0.3, -0.25) is 9.59 Å². The molecule has 1 saturated carbocycles. The number of anilines is 1. The topological polar surface area (TPSA) is 110 Å². The van der Waals surface area contributed by atoms with Gasteiger partial charge in [0.2, 0.25) is 5.91 Å². The van der Waals surface area contributed by atoms with Crippen molar-refractivity contribution < 1.29 is 18.0 Å². The summed E-state index contributed by atoms with van der Waals surface area (Å²) in [4.78, 5) is 31.2. The molecule has 1 aliphatic rings. The van der Waals surface area contributed by atoms with Gasteiger partial charge in [-0.2, -0.15) is 0 Å². The van der Waals surface area contributed by atoms with Crippen LogP contribution in [0.2, 0.25) is 0 Å².